The summed E-state index contributed by atoms with van der Waals surface area (Å²) in [4.78, 5) is 17.1. The molecule has 1 heterocycles. The van der Waals surface area contributed by atoms with E-state index in [1.54, 1.807) is 18.2 Å². The minimum atomic E-state index is -4.41. The molecule has 4 rings (SSSR count). The van der Waals surface area contributed by atoms with E-state index in [0.29, 0.717) is 11.1 Å². The number of hydrogen-bond acceptors (Lipinski definition) is 3. The topological polar surface area (TPSA) is 35.6 Å². The Morgan fingerprint density at radius 2 is 1.59 bits per heavy atom. The fourth-order valence-corrected chi connectivity index (χ4v) is 4.27. The molecule has 0 radical (unpaired) electrons. The molecular formula is C26H25ClF3N3O. The largest absolute Gasteiger partial charge is 0.416 e. The van der Waals surface area contributed by atoms with E-state index < -0.39 is 11.7 Å². The maximum Gasteiger partial charge on any atom is 0.416 e. The Bertz CT molecular complexity index is 1130. The van der Waals surface area contributed by atoms with Crippen molar-refractivity contribution in [1.29, 1.82) is 0 Å². The Labute approximate surface area is 201 Å². The van der Waals surface area contributed by atoms with Gasteiger partial charge >= 0.3 is 6.18 Å². The molecule has 1 aliphatic heterocycles. The summed E-state index contributed by atoms with van der Waals surface area (Å²) >= 11 is 6.31. The number of para-hydroxylation sites is 1. The average Bonchev–Trinajstić information content (AvgIpc) is 2.84. The van der Waals surface area contributed by atoms with E-state index in [9.17, 15) is 18.0 Å². The van der Waals surface area contributed by atoms with Crippen LogP contribution in [-0.2, 0) is 19.3 Å². The van der Waals surface area contributed by atoms with E-state index in [1.165, 1.54) is 6.07 Å². The first-order chi connectivity index (χ1) is 16.3. The van der Waals surface area contributed by atoms with Gasteiger partial charge in [0.2, 0.25) is 0 Å². The molecule has 3 aromatic rings. The monoisotopic (exact) mass is 487 g/mol. The molecule has 0 spiro atoms. The van der Waals surface area contributed by atoms with Crippen molar-refractivity contribution in [3.8, 4) is 0 Å². The Morgan fingerprint density at radius 1 is 0.882 bits per heavy atom. The number of piperazine rings is 1. The number of hydrogen-bond donors (Lipinski definition) is 1. The van der Waals surface area contributed by atoms with Crippen molar-refractivity contribution in [3.63, 3.8) is 0 Å². The van der Waals surface area contributed by atoms with Crippen LogP contribution < -0.4 is 10.2 Å². The van der Waals surface area contributed by atoms with Crippen molar-refractivity contribution in [3.05, 3.63) is 100 Å². The van der Waals surface area contributed by atoms with E-state index in [-0.39, 0.29) is 12.5 Å². The second-order valence-electron chi connectivity index (χ2n) is 8.29. The van der Waals surface area contributed by atoms with Crippen LogP contribution in [0.15, 0.2) is 72.8 Å². The molecule has 1 aliphatic rings. The van der Waals surface area contributed by atoms with Crippen molar-refractivity contribution in [2.24, 2.45) is 0 Å². The highest BCUT2D eigenvalue weighted by molar-refractivity contribution is 6.33. The minimum Gasteiger partial charge on any atom is -0.368 e. The van der Waals surface area contributed by atoms with Gasteiger partial charge in [-0.2, -0.15) is 13.2 Å². The SMILES string of the molecule is O=C(NCc1cccc(C(F)(F)F)c1)c1ccc(CN2CCN(c3ccccc3Cl)CC2)cc1. The maximum absolute atomic E-state index is 12.9. The zero-order valence-electron chi connectivity index (χ0n) is 18.5. The number of alkyl halides is 3. The zero-order chi connectivity index (χ0) is 24.1. The summed E-state index contributed by atoms with van der Waals surface area (Å²) in [5.74, 6) is -0.322. The van der Waals surface area contributed by atoms with Crippen molar-refractivity contribution < 1.29 is 18.0 Å². The highest BCUT2D eigenvalue weighted by Gasteiger charge is 2.30. The molecule has 0 unspecified atom stereocenters. The second-order valence-corrected chi connectivity index (χ2v) is 8.70. The summed E-state index contributed by atoms with van der Waals surface area (Å²) in [6, 6.07) is 20.2. The Hall–Kier alpha value is -3.03. The lowest BCUT2D eigenvalue weighted by Crippen LogP contribution is -2.46. The van der Waals surface area contributed by atoms with Crippen molar-refractivity contribution in [2.75, 3.05) is 31.1 Å². The van der Waals surface area contributed by atoms with E-state index in [0.717, 1.165) is 61.1 Å². The fourth-order valence-electron chi connectivity index (χ4n) is 4.02. The molecule has 3 aromatic carbocycles. The smallest absolute Gasteiger partial charge is 0.368 e. The molecule has 1 fully saturated rings. The molecule has 0 aromatic heterocycles. The summed E-state index contributed by atoms with van der Waals surface area (Å²) in [7, 11) is 0. The number of benzene rings is 3. The van der Waals surface area contributed by atoms with Crippen LogP contribution in [0.5, 0.6) is 0 Å². The summed E-state index contributed by atoms with van der Waals surface area (Å²) < 4.78 is 38.6. The van der Waals surface area contributed by atoms with Crippen molar-refractivity contribution in [1.82, 2.24) is 10.2 Å². The molecule has 0 atom stereocenters. The Balaban J connectivity index is 1.27. The third kappa shape index (κ3) is 6.10. The van der Waals surface area contributed by atoms with Crippen LogP contribution in [0.4, 0.5) is 18.9 Å². The number of amides is 1. The molecular weight excluding hydrogens is 463 g/mol. The van der Waals surface area contributed by atoms with Crippen LogP contribution >= 0.6 is 11.6 Å². The first-order valence-electron chi connectivity index (χ1n) is 11.0. The van der Waals surface area contributed by atoms with Crippen LogP contribution in [0.3, 0.4) is 0 Å². The lowest BCUT2D eigenvalue weighted by Gasteiger charge is -2.36. The van der Waals surface area contributed by atoms with Gasteiger partial charge in [-0.1, -0.05) is 48.0 Å². The molecule has 1 amide bonds. The number of anilines is 1. The fraction of sp³-hybridized carbons (Fsp3) is 0.269. The Morgan fingerprint density at radius 3 is 2.26 bits per heavy atom. The van der Waals surface area contributed by atoms with Crippen LogP contribution in [0.1, 0.15) is 27.0 Å². The minimum absolute atomic E-state index is 0.0280. The summed E-state index contributed by atoms with van der Waals surface area (Å²) in [6.07, 6.45) is -4.41. The summed E-state index contributed by atoms with van der Waals surface area (Å²) in [5.41, 5.74) is 2.30. The van der Waals surface area contributed by atoms with Gasteiger partial charge in [-0.25, -0.2) is 0 Å². The van der Waals surface area contributed by atoms with Gasteiger partial charge in [0.15, 0.2) is 0 Å². The molecule has 0 aliphatic carbocycles. The van der Waals surface area contributed by atoms with Gasteiger partial charge in [0.25, 0.3) is 5.91 Å². The molecule has 8 heteroatoms. The van der Waals surface area contributed by atoms with Crippen LogP contribution in [0, 0.1) is 0 Å². The first-order valence-corrected chi connectivity index (χ1v) is 11.4. The number of nitrogens with one attached hydrogen (secondary N) is 1. The van der Waals surface area contributed by atoms with E-state index in [4.69, 9.17) is 11.6 Å². The first kappa shape index (κ1) is 24.1. The number of halogens is 4. The molecule has 1 N–H and O–H groups in total. The Kier molecular flexibility index (Phi) is 7.44. The highest BCUT2D eigenvalue weighted by Crippen LogP contribution is 2.29. The number of carbonyl (C=O) groups excluding carboxylic acids is 1. The number of rotatable bonds is 6. The summed E-state index contributed by atoms with van der Waals surface area (Å²) in [6.45, 7) is 4.40. The molecule has 1 saturated heterocycles. The van der Waals surface area contributed by atoms with Gasteiger partial charge in [0.1, 0.15) is 0 Å². The van der Waals surface area contributed by atoms with Gasteiger partial charge in [0.05, 0.1) is 16.3 Å². The lowest BCUT2D eigenvalue weighted by molar-refractivity contribution is -0.137. The second kappa shape index (κ2) is 10.5. The predicted molar refractivity (Wildman–Crippen MR) is 128 cm³/mol. The number of carbonyl (C=O) groups is 1. The number of nitrogens with zero attached hydrogens (tertiary/aromatic N) is 2. The summed E-state index contributed by atoms with van der Waals surface area (Å²) in [5, 5.41) is 3.45. The highest BCUT2D eigenvalue weighted by atomic mass is 35.5. The van der Waals surface area contributed by atoms with Gasteiger partial charge < -0.3 is 10.2 Å². The van der Waals surface area contributed by atoms with Crippen LogP contribution in [0.25, 0.3) is 0 Å². The molecule has 4 nitrogen and oxygen atoms in total. The lowest BCUT2D eigenvalue weighted by atomic mass is 10.1. The third-order valence-electron chi connectivity index (χ3n) is 5.90. The zero-order valence-corrected chi connectivity index (χ0v) is 19.2. The van der Waals surface area contributed by atoms with Crippen LogP contribution in [-0.4, -0.2) is 37.0 Å². The van der Waals surface area contributed by atoms with Gasteiger partial charge in [-0.05, 0) is 47.5 Å². The quantitative estimate of drug-likeness (QED) is 0.491. The molecule has 0 saturated carbocycles. The third-order valence-corrected chi connectivity index (χ3v) is 6.21. The molecule has 0 bridgehead atoms. The van der Waals surface area contributed by atoms with E-state index >= 15 is 0 Å². The molecule has 178 valence electrons. The van der Waals surface area contributed by atoms with Crippen molar-refractivity contribution in [2.45, 2.75) is 19.3 Å². The van der Waals surface area contributed by atoms with Crippen molar-refractivity contribution >= 4 is 23.2 Å². The molecule has 34 heavy (non-hydrogen) atoms. The predicted octanol–water partition coefficient (Wildman–Crippen LogP) is 5.61. The van der Waals surface area contributed by atoms with E-state index in [2.05, 4.69) is 15.1 Å². The normalized spacial score (nSPS) is 14.8. The van der Waals surface area contributed by atoms with Gasteiger partial charge in [-0.15, -0.1) is 0 Å². The average molecular weight is 488 g/mol. The van der Waals surface area contributed by atoms with Gasteiger partial charge in [0, 0.05) is 44.8 Å². The van der Waals surface area contributed by atoms with Gasteiger partial charge in [-0.3, -0.25) is 9.69 Å². The van der Waals surface area contributed by atoms with Crippen LogP contribution in [0.2, 0.25) is 5.02 Å². The maximum atomic E-state index is 12.9. The standard InChI is InChI=1S/C26H25ClF3N3O/c27-23-6-1-2-7-24(23)33-14-12-32(13-15-33)18-19-8-10-21(11-9-19)25(34)31-17-20-4-3-5-22(16-20)26(28,29)30/h1-11,16H,12-15,17-18H2,(H,31,34). The van der Waals surface area contributed by atoms with E-state index in [1.807, 2.05) is 36.4 Å².